The first-order valence-electron chi connectivity index (χ1n) is 9.80. The van der Waals surface area contributed by atoms with E-state index in [9.17, 15) is 0 Å². The van der Waals surface area contributed by atoms with E-state index in [1.807, 2.05) is 42.9 Å². The zero-order valence-corrected chi connectivity index (χ0v) is 17.3. The van der Waals surface area contributed by atoms with Crippen molar-refractivity contribution in [3.63, 3.8) is 0 Å². The molecule has 8 nitrogen and oxygen atoms in total. The van der Waals surface area contributed by atoms with Crippen LogP contribution in [0.15, 0.2) is 36.0 Å². The molecule has 5 rings (SSSR count). The third-order valence-electron chi connectivity index (χ3n) is 5.37. The molecule has 1 saturated heterocycles. The summed E-state index contributed by atoms with van der Waals surface area (Å²) in [7, 11) is 0. The van der Waals surface area contributed by atoms with Crippen LogP contribution in [0.4, 0.5) is 5.95 Å². The van der Waals surface area contributed by atoms with E-state index < -0.39 is 0 Å². The van der Waals surface area contributed by atoms with E-state index in [0.717, 1.165) is 60.5 Å². The minimum Gasteiger partial charge on any atom is -0.338 e. The molecule has 0 saturated carbocycles. The smallest absolute Gasteiger partial charge is 0.252 e. The highest BCUT2D eigenvalue weighted by Crippen LogP contribution is 2.25. The first-order valence-corrected chi connectivity index (χ1v) is 10.7. The van der Waals surface area contributed by atoms with E-state index in [1.165, 1.54) is 0 Å². The number of likely N-dealkylation sites (N-methyl/N-ethyl adjacent to an activating group) is 1. The molecule has 0 amide bonds. The molecule has 0 unspecified atom stereocenters. The molecule has 1 fully saturated rings. The number of piperazine rings is 1. The lowest BCUT2D eigenvalue weighted by Crippen LogP contribution is -2.46. The second-order valence-corrected chi connectivity index (χ2v) is 7.99. The summed E-state index contributed by atoms with van der Waals surface area (Å²) in [6.45, 7) is 9.29. The monoisotopic (exact) mass is 406 g/mol. The highest BCUT2D eigenvalue weighted by Gasteiger charge is 2.19. The average molecular weight is 407 g/mol. The first-order chi connectivity index (χ1) is 14.2. The molecule has 5 heterocycles. The highest BCUT2D eigenvalue weighted by molar-refractivity contribution is 7.13. The van der Waals surface area contributed by atoms with Crippen LogP contribution >= 0.6 is 11.3 Å². The molecule has 1 aliphatic heterocycles. The summed E-state index contributed by atoms with van der Waals surface area (Å²) in [6, 6.07) is 5.95. The molecule has 0 N–H and O–H groups in total. The van der Waals surface area contributed by atoms with Gasteiger partial charge in [0.25, 0.3) is 5.78 Å². The molecule has 0 radical (unpaired) electrons. The predicted octanol–water partition coefficient (Wildman–Crippen LogP) is 2.76. The molecule has 9 heteroatoms. The fourth-order valence-electron chi connectivity index (χ4n) is 3.62. The summed E-state index contributed by atoms with van der Waals surface area (Å²) in [5.74, 6) is 2.07. The Morgan fingerprint density at radius 1 is 1.07 bits per heavy atom. The number of hydrogen-bond acceptors (Lipinski definition) is 8. The predicted molar refractivity (Wildman–Crippen MR) is 114 cm³/mol. The van der Waals surface area contributed by atoms with Crippen molar-refractivity contribution in [1.29, 1.82) is 0 Å². The van der Waals surface area contributed by atoms with E-state index in [-0.39, 0.29) is 0 Å². The highest BCUT2D eigenvalue weighted by atomic mass is 32.1. The average Bonchev–Trinajstić information content (AvgIpc) is 3.44. The number of nitrogens with zero attached hydrogens (tertiary/aromatic N) is 8. The SMILES string of the molecule is CCN1CCN(c2nccc(-c3cnc4nc(-c5cccs5)nn4c3C)n2)CC1. The standard InChI is InChI=1S/C20H22N8S/c1-3-26-8-10-27(11-9-26)19-21-7-6-16(23-19)15-13-22-20-24-18(17-5-4-12-29-17)25-28(20)14(15)2/h4-7,12-13H,3,8-11H2,1-2H3. The molecule has 0 spiro atoms. The Labute approximate surface area is 172 Å². The maximum Gasteiger partial charge on any atom is 0.252 e. The quantitative estimate of drug-likeness (QED) is 0.516. The molecule has 0 aromatic carbocycles. The minimum absolute atomic E-state index is 0.597. The number of thiophene rings is 1. The van der Waals surface area contributed by atoms with Gasteiger partial charge in [-0.1, -0.05) is 13.0 Å². The van der Waals surface area contributed by atoms with Crippen molar-refractivity contribution in [2.45, 2.75) is 13.8 Å². The van der Waals surface area contributed by atoms with E-state index in [2.05, 4.69) is 36.8 Å². The summed E-state index contributed by atoms with van der Waals surface area (Å²) in [4.78, 5) is 24.2. The Hall–Kier alpha value is -2.91. The largest absolute Gasteiger partial charge is 0.338 e. The lowest BCUT2D eigenvalue weighted by molar-refractivity contribution is 0.270. The van der Waals surface area contributed by atoms with Gasteiger partial charge in [-0.15, -0.1) is 16.4 Å². The molecular formula is C20H22N8S. The molecular weight excluding hydrogens is 384 g/mol. The van der Waals surface area contributed by atoms with Gasteiger partial charge in [0.15, 0.2) is 5.82 Å². The molecule has 4 aromatic heterocycles. The Bertz CT molecular complexity index is 1130. The molecule has 4 aromatic rings. The summed E-state index contributed by atoms with van der Waals surface area (Å²) in [6.07, 6.45) is 3.66. The lowest BCUT2D eigenvalue weighted by Gasteiger charge is -2.34. The minimum atomic E-state index is 0.597. The van der Waals surface area contributed by atoms with E-state index >= 15 is 0 Å². The van der Waals surface area contributed by atoms with Gasteiger partial charge in [-0.25, -0.2) is 19.5 Å². The zero-order valence-electron chi connectivity index (χ0n) is 16.5. The number of aryl methyl sites for hydroxylation is 1. The van der Waals surface area contributed by atoms with Crippen LogP contribution in [0.3, 0.4) is 0 Å². The Morgan fingerprint density at radius 3 is 2.69 bits per heavy atom. The number of aromatic nitrogens is 6. The number of fused-ring (bicyclic) bond motifs is 1. The Kier molecular flexibility index (Phi) is 4.69. The number of anilines is 1. The van der Waals surface area contributed by atoms with Crippen LogP contribution in [0.25, 0.3) is 27.7 Å². The van der Waals surface area contributed by atoms with Gasteiger partial charge in [0, 0.05) is 44.1 Å². The van der Waals surface area contributed by atoms with Gasteiger partial charge in [-0.3, -0.25) is 0 Å². The van der Waals surface area contributed by atoms with Crippen molar-refractivity contribution < 1.29 is 0 Å². The summed E-state index contributed by atoms with van der Waals surface area (Å²) in [5.41, 5.74) is 2.76. The fourth-order valence-corrected chi connectivity index (χ4v) is 4.27. The van der Waals surface area contributed by atoms with Crippen LogP contribution in [0.5, 0.6) is 0 Å². The van der Waals surface area contributed by atoms with Crippen molar-refractivity contribution in [1.82, 2.24) is 34.4 Å². The third kappa shape index (κ3) is 3.36. The third-order valence-corrected chi connectivity index (χ3v) is 6.24. The van der Waals surface area contributed by atoms with E-state index in [0.29, 0.717) is 11.6 Å². The molecule has 1 aliphatic rings. The molecule has 0 aliphatic carbocycles. The van der Waals surface area contributed by atoms with Crippen LogP contribution in [0.2, 0.25) is 0 Å². The molecule has 29 heavy (non-hydrogen) atoms. The van der Waals surface area contributed by atoms with Crippen LogP contribution in [0.1, 0.15) is 12.6 Å². The summed E-state index contributed by atoms with van der Waals surface area (Å²) >= 11 is 1.62. The molecule has 0 atom stereocenters. The van der Waals surface area contributed by atoms with Gasteiger partial charge in [0.1, 0.15) is 0 Å². The summed E-state index contributed by atoms with van der Waals surface area (Å²) in [5, 5.41) is 6.69. The van der Waals surface area contributed by atoms with Crippen molar-refractivity contribution in [3.8, 4) is 22.0 Å². The van der Waals surface area contributed by atoms with Crippen molar-refractivity contribution in [3.05, 3.63) is 41.7 Å². The fraction of sp³-hybridized carbons (Fsp3) is 0.350. The van der Waals surface area contributed by atoms with Crippen LogP contribution in [0, 0.1) is 6.92 Å². The van der Waals surface area contributed by atoms with Crippen LogP contribution < -0.4 is 4.90 Å². The zero-order chi connectivity index (χ0) is 19.8. The normalized spacial score (nSPS) is 15.3. The molecule has 0 bridgehead atoms. The number of rotatable bonds is 4. The van der Waals surface area contributed by atoms with Gasteiger partial charge < -0.3 is 9.80 Å². The maximum atomic E-state index is 4.84. The van der Waals surface area contributed by atoms with Gasteiger partial charge in [-0.2, -0.15) is 4.98 Å². The van der Waals surface area contributed by atoms with Crippen molar-refractivity contribution in [2.75, 3.05) is 37.6 Å². The van der Waals surface area contributed by atoms with E-state index in [1.54, 1.807) is 15.9 Å². The first kappa shape index (κ1) is 18.1. The van der Waals surface area contributed by atoms with Crippen LogP contribution in [-0.4, -0.2) is 67.2 Å². The molecule has 148 valence electrons. The van der Waals surface area contributed by atoms with E-state index in [4.69, 9.17) is 4.98 Å². The maximum absolute atomic E-state index is 4.84. The van der Waals surface area contributed by atoms with Gasteiger partial charge in [-0.05, 0) is 31.0 Å². The second-order valence-electron chi connectivity index (χ2n) is 7.04. The Balaban J connectivity index is 1.48. The van der Waals surface area contributed by atoms with Crippen molar-refractivity contribution in [2.24, 2.45) is 0 Å². The Morgan fingerprint density at radius 2 is 1.93 bits per heavy atom. The second kappa shape index (κ2) is 7.49. The topological polar surface area (TPSA) is 75.3 Å². The van der Waals surface area contributed by atoms with Crippen molar-refractivity contribution >= 4 is 23.1 Å². The van der Waals surface area contributed by atoms with Gasteiger partial charge in [0.2, 0.25) is 5.95 Å². The lowest BCUT2D eigenvalue weighted by atomic mass is 10.2. The van der Waals surface area contributed by atoms with Crippen LogP contribution in [-0.2, 0) is 0 Å². The van der Waals surface area contributed by atoms with Gasteiger partial charge in [0.05, 0.1) is 16.3 Å². The van der Waals surface area contributed by atoms with Gasteiger partial charge >= 0.3 is 0 Å². The summed E-state index contributed by atoms with van der Waals surface area (Å²) < 4.78 is 1.80. The number of hydrogen-bond donors (Lipinski definition) is 0.